The van der Waals surface area contributed by atoms with Crippen LogP contribution in [0.2, 0.25) is 0 Å². The van der Waals surface area contributed by atoms with Gasteiger partial charge in [-0.2, -0.15) is 0 Å². The van der Waals surface area contributed by atoms with Crippen molar-refractivity contribution in [2.45, 2.75) is 20.4 Å². The van der Waals surface area contributed by atoms with Gasteiger partial charge in [-0.3, -0.25) is 0 Å². The Balaban J connectivity index is 1.93. The Hall–Kier alpha value is -0.780. The highest BCUT2D eigenvalue weighted by atomic mass is 32.1. The average Bonchev–Trinajstić information content (AvgIpc) is 2.85. The molecule has 0 unspecified atom stereocenters. The zero-order chi connectivity index (χ0) is 11.4. The molecule has 2 rings (SSSR count). The SMILES string of the molecule is CC(C)CNCc1cnc(-c2cscn2)s1. The van der Waals surface area contributed by atoms with Gasteiger partial charge in [0.25, 0.3) is 0 Å². The molecule has 0 saturated carbocycles. The highest BCUT2D eigenvalue weighted by Gasteiger charge is 2.06. The van der Waals surface area contributed by atoms with Crippen molar-refractivity contribution < 1.29 is 0 Å². The minimum atomic E-state index is 0.686. The zero-order valence-electron chi connectivity index (χ0n) is 9.43. The lowest BCUT2D eigenvalue weighted by Gasteiger charge is -2.04. The lowest BCUT2D eigenvalue weighted by molar-refractivity contribution is 0.554. The van der Waals surface area contributed by atoms with E-state index >= 15 is 0 Å². The summed E-state index contributed by atoms with van der Waals surface area (Å²) in [5, 5.41) is 6.46. The summed E-state index contributed by atoms with van der Waals surface area (Å²) in [6.07, 6.45) is 1.94. The summed E-state index contributed by atoms with van der Waals surface area (Å²) < 4.78 is 0. The summed E-state index contributed by atoms with van der Waals surface area (Å²) in [6.45, 7) is 6.37. The Morgan fingerprint density at radius 3 is 2.94 bits per heavy atom. The fourth-order valence-electron chi connectivity index (χ4n) is 1.31. The topological polar surface area (TPSA) is 37.8 Å². The summed E-state index contributed by atoms with van der Waals surface area (Å²) in [6, 6.07) is 0. The van der Waals surface area contributed by atoms with Gasteiger partial charge < -0.3 is 5.32 Å². The number of aromatic nitrogens is 2. The Bertz CT molecular complexity index is 420. The normalized spacial score (nSPS) is 11.2. The molecule has 0 saturated heterocycles. The van der Waals surface area contributed by atoms with Gasteiger partial charge >= 0.3 is 0 Å². The van der Waals surface area contributed by atoms with Crippen LogP contribution in [-0.2, 0) is 6.54 Å². The minimum absolute atomic E-state index is 0.686. The molecule has 1 N–H and O–H groups in total. The molecule has 0 bridgehead atoms. The highest BCUT2D eigenvalue weighted by Crippen LogP contribution is 2.24. The third-order valence-electron chi connectivity index (χ3n) is 2.06. The second kappa shape index (κ2) is 5.52. The van der Waals surface area contributed by atoms with Gasteiger partial charge in [-0.15, -0.1) is 22.7 Å². The molecule has 3 nitrogen and oxygen atoms in total. The van der Waals surface area contributed by atoms with E-state index in [1.807, 2.05) is 17.1 Å². The Morgan fingerprint density at radius 1 is 1.38 bits per heavy atom. The van der Waals surface area contributed by atoms with Crippen LogP contribution < -0.4 is 5.32 Å². The van der Waals surface area contributed by atoms with Crippen LogP contribution in [0.15, 0.2) is 17.1 Å². The molecule has 86 valence electrons. The molecule has 0 aliphatic carbocycles. The minimum Gasteiger partial charge on any atom is -0.312 e. The van der Waals surface area contributed by atoms with E-state index in [1.54, 1.807) is 22.7 Å². The monoisotopic (exact) mass is 253 g/mol. The van der Waals surface area contributed by atoms with Crippen molar-refractivity contribution in [3.05, 3.63) is 22.0 Å². The first-order chi connectivity index (χ1) is 7.75. The fraction of sp³-hybridized carbons (Fsp3) is 0.455. The van der Waals surface area contributed by atoms with E-state index in [4.69, 9.17) is 0 Å². The van der Waals surface area contributed by atoms with Crippen molar-refractivity contribution in [1.82, 2.24) is 15.3 Å². The molecule has 0 aliphatic heterocycles. The van der Waals surface area contributed by atoms with Crippen LogP contribution in [0.3, 0.4) is 0 Å². The molecular weight excluding hydrogens is 238 g/mol. The van der Waals surface area contributed by atoms with Crippen molar-refractivity contribution in [3.63, 3.8) is 0 Å². The lowest BCUT2D eigenvalue weighted by atomic mass is 10.2. The molecule has 0 aromatic carbocycles. The number of hydrogen-bond acceptors (Lipinski definition) is 5. The smallest absolute Gasteiger partial charge is 0.142 e. The van der Waals surface area contributed by atoms with Gasteiger partial charge in [-0.25, -0.2) is 9.97 Å². The lowest BCUT2D eigenvalue weighted by Crippen LogP contribution is -2.18. The second-order valence-electron chi connectivity index (χ2n) is 4.03. The van der Waals surface area contributed by atoms with E-state index in [2.05, 4.69) is 29.1 Å². The van der Waals surface area contributed by atoms with Crippen molar-refractivity contribution in [3.8, 4) is 10.7 Å². The van der Waals surface area contributed by atoms with E-state index in [-0.39, 0.29) is 0 Å². The Morgan fingerprint density at radius 2 is 2.25 bits per heavy atom. The first-order valence-corrected chi connectivity index (χ1v) is 7.05. The zero-order valence-corrected chi connectivity index (χ0v) is 11.1. The van der Waals surface area contributed by atoms with Crippen LogP contribution in [0.5, 0.6) is 0 Å². The molecular formula is C11H15N3S2. The van der Waals surface area contributed by atoms with E-state index in [0.717, 1.165) is 23.8 Å². The predicted molar refractivity (Wildman–Crippen MR) is 69.8 cm³/mol. The maximum Gasteiger partial charge on any atom is 0.142 e. The summed E-state index contributed by atoms with van der Waals surface area (Å²) in [5.74, 6) is 0.686. The van der Waals surface area contributed by atoms with Crippen molar-refractivity contribution in [2.75, 3.05) is 6.54 Å². The average molecular weight is 253 g/mol. The first kappa shape index (κ1) is 11.7. The Labute approximate surface area is 104 Å². The summed E-state index contributed by atoms with van der Waals surface area (Å²) >= 11 is 3.32. The van der Waals surface area contributed by atoms with Gasteiger partial charge in [-0.05, 0) is 12.5 Å². The third-order valence-corrected chi connectivity index (χ3v) is 3.66. The van der Waals surface area contributed by atoms with Crippen LogP contribution >= 0.6 is 22.7 Å². The molecule has 2 heterocycles. The van der Waals surface area contributed by atoms with Crippen molar-refractivity contribution in [2.24, 2.45) is 5.92 Å². The van der Waals surface area contributed by atoms with Crippen LogP contribution in [-0.4, -0.2) is 16.5 Å². The third kappa shape index (κ3) is 3.10. The van der Waals surface area contributed by atoms with Crippen molar-refractivity contribution in [1.29, 1.82) is 0 Å². The van der Waals surface area contributed by atoms with E-state index < -0.39 is 0 Å². The molecule has 2 aromatic rings. The number of nitrogens with one attached hydrogen (secondary N) is 1. The molecule has 0 fully saturated rings. The van der Waals surface area contributed by atoms with Gasteiger partial charge in [-0.1, -0.05) is 13.8 Å². The maximum absolute atomic E-state index is 4.38. The first-order valence-electron chi connectivity index (χ1n) is 5.29. The quantitative estimate of drug-likeness (QED) is 0.890. The van der Waals surface area contributed by atoms with Crippen LogP contribution in [0.25, 0.3) is 10.7 Å². The van der Waals surface area contributed by atoms with E-state index in [9.17, 15) is 0 Å². The summed E-state index contributed by atoms with van der Waals surface area (Å²) in [7, 11) is 0. The molecule has 0 atom stereocenters. The number of rotatable bonds is 5. The molecule has 0 amide bonds. The van der Waals surface area contributed by atoms with Crippen LogP contribution in [0.4, 0.5) is 0 Å². The second-order valence-corrected chi connectivity index (χ2v) is 5.86. The molecule has 2 aromatic heterocycles. The summed E-state index contributed by atoms with van der Waals surface area (Å²) in [5.41, 5.74) is 2.83. The number of thiazole rings is 2. The largest absolute Gasteiger partial charge is 0.312 e. The number of nitrogens with zero attached hydrogens (tertiary/aromatic N) is 2. The van der Waals surface area contributed by atoms with Gasteiger partial charge in [0.15, 0.2) is 0 Å². The molecule has 16 heavy (non-hydrogen) atoms. The van der Waals surface area contributed by atoms with E-state index in [1.165, 1.54) is 4.88 Å². The fourth-order valence-corrected chi connectivity index (χ4v) is 2.77. The van der Waals surface area contributed by atoms with E-state index in [0.29, 0.717) is 5.92 Å². The standard InChI is InChI=1S/C11H15N3S2/c1-8(2)3-12-4-9-5-13-11(16-9)10-6-15-7-14-10/h5-8,12H,3-4H2,1-2H3. The summed E-state index contributed by atoms with van der Waals surface area (Å²) in [4.78, 5) is 9.90. The van der Waals surface area contributed by atoms with Gasteiger partial charge in [0.1, 0.15) is 10.7 Å². The van der Waals surface area contributed by atoms with Crippen LogP contribution in [0, 0.1) is 5.92 Å². The molecule has 5 heteroatoms. The molecule has 0 spiro atoms. The number of hydrogen-bond donors (Lipinski definition) is 1. The van der Waals surface area contributed by atoms with Crippen LogP contribution in [0.1, 0.15) is 18.7 Å². The Kier molecular flexibility index (Phi) is 4.04. The van der Waals surface area contributed by atoms with Gasteiger partial charge in [0, 0.05) is 23.0 Å². The predicted octanol–water partition coefficient (Wildman–Crippen LogP) is 3.01. The molecule has 0 radical (unpaired) electrons. The maximum atomic E-state index is 4.38. The van der Waals surface area contributed by atoms with Gasteiger partial charge in [0.05, 0.1) is 5.51 Å². The van der Waals surface area contributed by atoms with Crippen molar-refractivity contribution >= 4 is 22.7 Å². The van der Waals surface area contributed by atoms with Gasteiger partial charge in [0.2, 0.25) is 0 Å². The molecule has 0 aliphatic rings. The highest BCUT2D eigenvalue weighted by molar-refractivity contribution is 7.15.